The molecule has 0 bridgehead atoms. The lowest BCUT2D eigenvalue weighted by Gasteiger charge is -2.10. The molecule has 0 saturated heterocycles. The monoisotopic (exact) mass is 154 g/mol. The summed E-state index contributed by atoms with van der Waals surface area (Å²) >= 11 is 0. The van der Waals surface area contributed by atoms with E-state index in [-0.39, 0.29) is 0 Å². The van der Waals surface area contributed by atoms with Crippen molar-refractivity contribution in [3.63, 3.8) is 0 Å². The summed E-state index contributed by atoms with van der Waals surface area (Å²) in [5, 5.41) is 0. The second-order valence-electron chi connectivity index (χ2n) is 3.45. The lowest BCUT2D eigenvalue weighted by molar-refractivity contribution is 0.528. The van der Waals surface area contributed by atoms with Gasteiger partial charge in [-0.05, 0) is 18.8 Å². The van der Waals surface area contributed by atoms with Gasteiger partial charge in [0.15, 0.2) is 0 Å². The topological polar surface area (TPSA) is 38.4 Å². The van der Waals surface area contributed by atoms with E-state index in [2.05, 4.69) is 18.8 Å². The van der Waals surface area contributed by atoms with Crippen molar-refractivity contribution in [3.8, 4) is 0 Å². The fourth-order valence-electron chi connectivity index (χ4n) is 1.62. The summed E-state index contributed by atoms with van der Waals surface area (Å²) in [7, 11) is 0. The van der Waals surface area contributed by atoms with E-state index in [0.717, 1.165) is 18.2 Å². The largest absolute Gasteiger partial charge is 0.387 e. The molecule has 0 aliphatic heterocycles. The molecular weight excluding hydrogens is 136 g/mol. The van der Waals surface area contributed by atoms with Gasteiger partial charge in [-0.3, -0.25) is 4.99 Å². The number of aliphatic imine (C=N–C) groups is 1. The minimum absolute atomic E-state index is 0.523. The molecule has 0 aromatic rings. The number of nitrogens with zero attached hydrogens (tertiary/aromatic N) is 1. The highest BCUT2D eigenvalue weighted by atomic mass is 14.9. The minimum Gasteiger partial charge on any atom is -0.387 e. The summed E-state index contributed by atoms with van der Waals surface area (Å²) in [6.45, 7) is 4.32. The lowest BCUT2D eigenvalue weighted by Crippen LogP contribution is -2.17. The van der Waals surface area contributed by atoms with Crippen molar-refractivity contribution in [2.45, 2.75) is 45.6 Å². The van der Waals surface area contributed by atoms with Gasteiger partial charge in [0.2, 0.25) is 0 Å². The van der Waals surface area contributed by atoms with Crippen molar-refractivity contribution in [2.75, 3.05) is 0 Å². The molecule has 2 unspecified atom stereocenters. The van der Waals surface area contributed by atoms with Crippen LogP contribution in [0, 0.1) is 5.92 Å². The van der Waals surface area contributed by atoms with E-state index >= 15 is 0 Å². The van der Waals surface area contributed by atoms with Crippen molar-refractivity contribution < 1.29 is 0 Å². The summed E-state index contributed by atoms with van der Waals surface area (Å²) in [6.07, 6.45) is 4.78. The molecule has 11 heavy (non-hydrogen) atoms. The average Bonchev–Trinajstić information content (AvgIpc) is 2.37. The zero-order valence-corrected chi connectivity index (χ0v) is 7.51. The van der Waals surface area contributed by atoms with Crippen molar-refractivity contribution in [1.82, 2.24) is 0 Å². The van der Waals surface area contributed by atoms with Crippen LogP contribution in [0.25, 0.3) is 0 Å². The number of hydrogen-bond acceptors (Lipinski definition) is 1. The van der Waals surface area contributed by atoms with E-state index in [1.54, 1.807) is 0 Å². The first-order valence-electron chi connectivity index (χ1n) is 4.56. The van der Waals surface area contributed by atoms with Crippen molar-refractivity contribution in [2.24, 2.45) is 16.6 Å². The molecule has 2 heteroatoms. The van der Waals surface area contributed by atoms with Gasteiger partial charge >= 0.3 is 0 Å². The SMILES string of the molecule is CCC(N)=NC1CCCC1C. The van der Waals surface area contributed by atoms with Gasteiger partial charge in [0.25, 0.3) is 0 Å². The van der Waals surface area contributed by atoms with Crippen LogP contribution in [0.3, 0.4) is 0 Å². The Hall–Kier alpha value is -0.530. The molecular formula is C9H18N2. The van der Waals surface area contributed by atoms with E-state index in [1.165, 1.54) is 19.3 Å². The Labute approximate surface area is 68.9 Å². The number of hydrogen-bond donors (Lipinski definition) is 1. The zero-order valence-electron chi connectivity index (χ0n) is 7.51. The van der Waals surface area contributed by atoms with Crippen LogP contribution in [0.1, 0.15) is 39.5 Å². The average molecular weight is 154 g/mol. The van der Waals surface area contributed by atoms with Gasteiger partial charge in [0, 0.05) is 6.42 Å². The summed E-state index contributed by atoms with van der Waals surface area (Å²) in [6, 6.07) is 0.523. The maximum Gasteiger partial charge on any atom is 0.0937 e. The Balaban J connectivity index is 2.47. The van der Waals surface area contributed by atoms with Crippen molar-refractivity contribution in [1.29, 1.82) is 0 Å². The Morgan fingerprint density at radius 3 is 2.73 bits per heavy atom. The van der Waals surface area contributed by atoms with Crippen LogP contribution in [0.4, 0.5) is 0 Å². The maximum atomic E-state index is 5.66. The normalized spacial score (nSPS) is 32.7. The minimum atomic E-state index is 0.523. The molecule has 0 spiro atoms. The molecule has 1 aliphatic rings. The fraction of sp³-hybridized carbons (Fsp3) is 0.889. The molecule has 0 amide bonds. The van der Waals surface area contributed by atoms with Crippen LogP contribution < -0.4 is 5.73 Å². The van der Waals surface area contributed by atoms with Gasteiger partial charge in [-0.2, -0.15) is 0 Å². The molecule has 1 rings (SSSR count). The van der Waals surface area contributed by atoms with Crippen molar-refractivity contribution in [3.05, 3.63) is 0 Å². The number of amidine groups is 1. The van der Waals surface area contributed by atoms with Crippen LogP contribution >= 0.6 is 0 Å². The summed E-state index contributed by atoms with van der Waals surface area (Å²) in [5.74, 6) is 1.57. The Kier molecular flexibility index (Phi) is 2.92. The predicted molar refractivity (Wildman–Crippen MR) is 48.7 cm³/mol. The number of rotatable bonds is 2. The van der Waals surface area contributed by atoms with Gasteiger partial charge in [0.1, 0.15) is 0 Å². The maximum absolute atomic E-state index is 5.66. The molecule has 2 atom stereocenters. The van der Waals surface area contributed by atoms with E-state index in [1.807, 2.05) is 0 Å². The molecule has 1 aliphatic carbocycles. The van der Waals surface area contributed by atoms with E-state index < -0.39 is 0 Å². The zero-order chi connectivity index (χ0) is 8.27. The van der Waals surface area contributed by atoms with E-state index in [4.69, 9.17) is 5.73 Å². The molecule has 1 saturated carbocycles. The predicted octanol–water partition coefficient (Wildman–Crippen LogP) is 1.94. The summed E-state index contributed by atoms with van der Waals surface area (Å²) in [4.78, 5) is 4.47. The van der Waals surface area contributed by atoms with E-state index in [9.17, 15) is 0 Å². The van der Waals surface area contributed by atoms with Crippen LogP contribution in [0.2, 0.25) is 0 Å². The smallest absolute Gasteiger partial charge is 0.0937 e. The van der Waals surface area contributed by atoms with Gasteiger partial charge < -0.3 is 5.73 Å². The second-order valence-corrected chi connectivity index (χ2v) is 3.45. The standard InChI is InChI=1S/C9H18N2/c1-3-9(10)11-8-6-4-5-7(8)2/h7-8H,3-6H2,1-2H3,(H2,10,11). The number of nitrogens with two attached hydrogens (primary N) is 1. The Bertz CT molecular complexity index is 152. The van der Waals surface area contributed by atoms with Crippen LogP contribution in [0.15, 0.2) is 4.99 Å². The molecule has 2 N–H and O–H groups in total. The quantitative estimate of drug-likeness (QED) is 0.479. The highest BCUT2D eigenvalue weighted by Crippen LogP contribution is 2.27. The molecule has 0 aromatic heterocycles. The van der Waals surface area contributed by atoms with Gasteiger partial charge in [-0.25, -0.2) is 0 Å². The van der Waals surface area contributed by atoms with Crippen LogP contribution in [-0.2, 0) is 0 Å². The molecule has 1 fully saturated rings. The fourth-order valence-corrected chi connectivity index (χ4v) is 1.62. The Morgan fingerprint density at radius 2 is 2.27 bits per heavy atom. The molecule has 0 heterocycles. The molecule has 0 radical (unpaired) electrons. The highest BCUT2D eigenvalue weighted by molar-refractivity contribution is 5.80. The second kappa shape index (κ2) is 3.74. The Morgan fingerprint density at radius 1 is 1.55 bits per heavy atom. The van der Waals surface area contributed by atoms with Crippen molar-refractivity contribution >= 4 is 5.84 Å². The third-order valence-electron chi connectivity index (χ3n) is 2.51. The van der Waals surface area contributed by atoms with Crippen LogP contribution in [0.5, 0.6) is 0 Å². The third kappa shape index (κ3) is 2.21. The van der Waals surface area contributed by atoms with Gasteiger partial charge in [-0.1, -0.05) is 20.3 Å². The first-order chi connectivity index (χ1) is 5.24. The lowest BCUT2D eigenvalue weighted by atomic mass is 10.1. The summed E-state index contributed by atoms with van der Waals surface area (Å²) < 4.78 is 0. The molecule has 2 nitrogen and oxygen atoms in total. The van der Waals surface area contributed by atoms with E-state index in [0.29, 0.717) is 6.04 Å². The van der Waals surface area contributed by atoms with Gasteiger partial charge in [0.05, 0.1) is 11.9 Å². The van der Waals surface area contributed by atoms with Gasteiger partial charge in [-0.15, -0.1) is 0 Å². The van der Waals surface area contributed by atoms with Crippen LogP contribution in [-0.4, -0.2) is 11.9 Å². The first kappa shape index (κ1) is 8.57. The third-order valence-corrected chi connectivity index (χ3v) is 2.51. The molecule has 0 aromatic carbocycles. The summed E-state index contributed by atoms with van der Waals surface area (Å²) in [5.41, 5.74) is 5.66. The molecule has 64 valence electrons. The highest BCUT2D eigenvalue weighted by Gasteiger charge is 2.22. The first-order valence-corrected chi connectivity index (χ1v) is 4.56.